The van der Waals surface area contributed by atoms with Crippen LogP contribution < -0.4 is 0 Å². The predicted octanol–water partition coefficient (Wildman–Crippen LogP) is -0.274. The summed E-state index contributed by atoms with van der Waals surface area (Å²) in [4.78, 5) is 2.40. The van der Waals surface area contributed by atoms with Crippen LogP contribution in [0.4, 0.5) is 0 Å². The van der Waals surface area contributed by atoms with Crippen molar-refractivity contribution in [2.24, 2.45) is 0 Å². The van der Waals surface area contributed by atoms with E-state index < -0.39 is 10.0 Å². The Labute approximate surface area is 79.6 Å². The fourth-order valence-corrected chi connectivity index (χ4v) is 2.67. The largest absolute Gasteiger partial charge is 0.298 e. The molecule has 0 radical (unpaired) electrons. The van der Waals surface area contributed by atoms with E-state index in [1.807, 2.05) is 0 Å². The highest BCUT2D eigenvalue weighted by molar-refractivity contribution is 7.88. The SMILES string of the molecule is CS(=O)(=O)N1CCN(C2CC2)CC1. The van der Waals surface area contributed by atoms with Crippen molar-refractivity contribution in [2.45, 2.75) is 18.9 Å². The lowest BCUT2D eigenvalue weighted by molar-refractivity contribution is 0.181. The van der Waals surface area contributed by atoms with Crippen LogP contribution in [0.25, 0.3) is 0 Å². The zero-order chi connectivity index (χ0) is 9.47. The maximum absolute atomic E-state index is 11.2. The molecule has 0 aromatic carbocycles. The van der Waals surface area contributed by atoms with E-state index in [9.17, 15) is 8.42 Å². The summed E-state index contributed by atoms with van der Waals surface area (Å²) in [5.74, 6) is 0. The minimum absolute atomic E-state index is 0.676. The third kappa shape index (κ3) is 2.21. The molecule has 2 rings (SSSR count). The Morgan fingerprint density at radius 3 is 2.00 bits per heavy atom. The topological polar surface area (TPSA) is 40.6 Å². The number of hydrogen-bond acceptors (Lipinski definition) is 3. The van der Waals surface area contributed by atoms with Crippen molar-refractivity contribution in [3.63, 3.8) is 0 Å². The number of sulfonamides is 1. The van der Waals surface area contributed by atoms with Gasteiger partial charge in [-0.15, -0.1) is 0 Å². The second kappa shape index (κ2) is 3.22. The number of hydrogen-bond donors (Lipinski definition) is 0. The first-order valence-electron chi connectivity index (χ1n) is 4.76. The Morgan fingerprint density at radius 1 is 1.08 bits per heavy atom. The van der Waals surface area contributed by atoms with Crippen molar-refractivity contribution >= 4 is 10.0 Å². The summed E-state index contributed by atoms with van der Waals surface area (Å²) in [6, 6.07) is 0.765. The van der Waals surface area contributed by atoms with Crippen molar-refractivity contribution in [1.82, 2.24) is 9.21 Å². The average molecular weight is 204 g/mol. The Bertz CT molecular complexity index is 277. The minimum Gasteiger partial charge on any atom is -0.298 e. The van der Waals surface area contributed by atoms with Gasteiger partial charge in [0.1, 0.15) is 0 Å². The summed E-state index contributed by atoms with van der Waals surface area (Å²) in [5.41, 5.74) is 0. The third-order valence-electron chi connectivity index (χ3n) is 2.81. The molecule has 0 bridgehead atoms. The summed E-state index contributed by atoms with van der Waals surface area (Å²) >= 11 is 0. The van der Waals surface area contributed by atoms with E-state index >= 15 is 0 Å². The fourth-order valence-electron chi connectivity index (χ4n) is 1.84. The van der Waals surface area contributed by atoms with Gasteiger partial charge < -0.3 is 0 Å². The second-order valence-electron chi connectivity index (χ2n) is 3.93. The minimum atomic E-state index is -2.95. The lowest BCUT2D eigenvalue weighted by atomic mass is 10.3. The maximum Gasteiger partial charge on any atom is 0.211 e. The molecule has 13 heavy (non-hydrogen) atoms. The Kier molecular flexibility index (Phi) is 2.33. The van der Waals surface area contributed by atoms with Gasteiger partial charge >= 0.3 is 0 Å². The van der Waals surface area contributed by atoms with Gasteiger partial charge in [-0.1, -0.05) is 0 Å². The van der Waals surface area contributed by atoms with Gasteiger partial charge in [-0.05, 0) is 12.8 Å². The standard InChI is InChI=1S/C8H16N2O2S/c1-13(11,12)10-6-4-9(5-7-10)8-2-3-8/h8H,2-7H2,1H3. The van der Waals surface area contributed by atoms with E-state index in [1.54, 1.807) is 4.31 Å². The van der Waals surface area contributed by atoms with E-state index in [4.69, 9.17) is 0 Å². The molecule has 0 N–H and O–H groups in total. The molecule has 0 aromatic heterocycles. The molecule has 1 saturated heterocycles. The van der Waals surface area contributed by atoms with E-state index in [0.717, 1.165) is 19.1 Å². The molecule has 1 saturated carbocycles. The van der Waals surface area contributed by atoms with Gasteiger partial charge in [0.05, 0.1) is 6.26 Å². The maximum atomic E-state index is 11.2. The van der Waals surface area contributed by atoms with E-state index in [-0.39, 0.29) is 0 Å². The van der Waals surface area contributed by atoms with Gasteiger partial charge in [0.2, 0.25) is 10.0 Å². The number of rotatable bonds is 2. The summed E-state index contributed by atoms with van der Waals surface area (Å²) in [7, 11) is -2.95. The van der Waals surface area contributed by atoms with Crippen LogP contribution in [0.5, 0.6) is 0 Å². The Balaban J connectivity index is 1.88. The highest BCUT2D eigenvalue weighted by atomic mass is 32.2. The fraction of sp³-hybridized carbons (Fsp3) is 1.00. The van der Waals surface area contributed by atoms with Crippen LogP contribution in [0, 0.1) is 0 Å². The average Bonchev–Trinajstić information content (AvgIpc) is 2.85. The Hall–Kier alpha value is -0.130. The van der Waals surface area contributed by atoms with Crippen LogP contribution in [-0.4, -0.2) is 56.1 Å². The molecule has 0 spiro atoms. The molecule has 2 aliphatic rings. The van der Waals surface area contributed by atoms with Crippen LogP contribution in [0.3, 0.4) is 0 Å². The van der Waals surface area contributed by atoms with Gasteiger partial charge in [0.25, 0.3) is 0 Å². The summed E-state index contributed by atoms with van der Waals surface area (Å²) < 4.78 is 23.9. The molecule has 2 fully saturated rings. The predicted molar refractivity (Wildman–Crippen MR) is 51.0 cm³/mol. The molecule has 4 nitrogen and oxygen atoms in total. The molecular formula is C8H16N2O2S. The van der Waals surface area contributed by atoms with Crippen molar-refractivity contribution in [3.8, 4) is 0 Å². The molecule has 5 heteroatoms. The third-order valence-corrected chi connectivity index (χ3v) is 4.11. The summed E-state index contributed by atoms with van der Waals surface area (Å²) in [5, 5.41) is 0. The van der Waals surface area contributed by atoms with Crippen LogP contribution in [0.2, 0.25) is 0 Å². The second-order valence-corrected chi connectivity index (χ2v) is 5.91. The quantitative estimate of drug-likeness (QED) is 0.621. The highest BCUT2D eigenvalue weighted by Crippen LogP contribution is 2.27. The van der Waals surface area contributed by atoms with Crippen molar-refractivity contribution < 1.29 is 8.42 Å². The van der Waals surface area contributed by atoms with Crippen LogP contribution in [0.15, 0.2) is 0 Å². The van der Waals surface area contributed by atoms with Gasteiger partial charge in [0, 0.05) is 32.2 Å². The van der Waals surface area contributed by atoms with Crippen molar-refractivity contribution in [3.05, 3.63) is 0 Å². The first kappa shape index (κ1) is 9.43. The monoisotopic (exact) mass is 204 g/mol. The lowest BCUT2D eigenvalue weighted by Crippen LogP contribution is -2.48. The number of piperazine rings is 1. The molecule has 1 aliphatic carbocycles. The zero-order valence-corrected chi connectivity index (χ0v) is 8.76. The number of nitrogens with zero attached hydrogens (tertiary/aromatic N) is 2. The molecule has 0 aromatic rings. The zero-order valence-electron chi connectivity index (χ0n) is 7.94. The molecule has 0 amide bonds. The summed E-state index contributed by atoms with van der Waals surface area (Å²) in [6.45, 7) is 3.18. The van der Waals surface area contributed by atoms with Gasteiger partial charge in [0.15, 0.2) is 0 Å². The Morgan fingerprint density at radius 2 is 1.62 bits per heavy atom. The first-order valence-corrected chi connectivity index (χ1v) is 6.61. The lowest BCUT2D eigenvalue weighted by Gasteiger charge is -2.33. The van der Waals surface area contributed by atoms with Crippen molar-refractivity contribution in [2.75, 3.05) is 32.4 Å². The van der Waals surface area contributed by atoms with Crippen LogP contribution in [0.1, 0.15) is 12.8 Å². The van der Waals surface area contributed by atoms with Crippen LogP contribution in [-0.2, 0) is 10.0 Å². The first-order chi connectivity index (χ1) is 6.07. The molecule has 76 valence electrons. The van der Waals surface area contributed by atoms with E-state index in [1.165, 1.54) is 19.1 Å². The van der Waals surface area contributed by atoms with Gasteiger partial charge in [-0.3, -0.25) is 4.90 Å². The smallest absolute Gasteiger partial charge is 0.211 e. The van der Waals surface area contributed by atoms with E-state index in [0.29, 0.717) is 13.1 Å². The molecule has 0 unspecified atom stereocenters. The molecular weight excluding hydrogens is 188 g/mol. The van der Waals surface area contributed by atoms with Gasteiger partial charge in [-0.2, -0.15) is 4.31 Å². The van der Waals surface area contributed by atoms with Crippen molar-refractivity contribution in [1.29, 1.82) is 0 Å². The highest BCUT2D eigenvalue weighted by Gasteiger charge is 2.32. The molecule has 0 atom stereocenters. The molecule has 1 aliphatic heterocycles. The summed E-state index contributed by atoms with van der Waals surface area (Å²) in [6.07, 6.45) is 3.90. The van der Waals surface area contributed by atoms with E-state index in [2.05, 4.69) is 4.90 Å². The van der Waals surface area contributed by atoms with Crippen LogP contribution >= 0.6 is 0 Å². The molecule has 1 heterocycles. The van der Waals surface area contributed by atoms with Gasteiger partial charge in [-0.25, -0.2) is 8.42 Å². The normalized spacial score (nSPS) is 27.8.